The molecular formula is C16H21FN2O2. The predicted octanol–water partition coefficient (Wildman–Crippen LogP) is 2.77. The third-order valence-corrected chi connectivity index (χ3v) is 4.76. The maximum absolute atomic E-state index is 13.8. The smallest absolute Gasteiger partial charge is 0.322 e. The number of carbonyl (C=O) groups is 1. The van der Waals surface area contributed by atoms with Crippen LogP contribution >= 0.6 is 0 Å². The van der Waals surface area contributed by atoms with Crippen LogP contribution in [0.25, 0.3) is 0 Å². The highest BCUT2D eigenvalue weighted by Crippen LogP contribution is 2.38. The van der Waals surface area contributed by atoms with Gasteiger partial charge in [0.15, 0.2) is 0 Å². The summed E-state index contributed by atoms with van der Waals surface area (Å²) in [6, 6.07) is 4.45. The van der Waals surface area contributed by atoms with Crippen molar-refractivity contribution >= 4 is 11.7 Å². The molecule has 2 aliphatic rings. The number of aryl methyl sites for hydroxylation is 1. The number of likely N-dealkylation sites (tertiary alicyclic amines) is 1. The number of aliphatic hydroxyl groups excluding tert-OH is 1. The number of fused-ring (bicyclic) bond motifs is 1. The van der Waals surface area contributed by atoms with Crippen molar-refractivity contribution in [3.63, 3.8) is 0 Å². The lowest BCUT2D eigenvalue weighted by molar-refractivity contribution is 0.101. The number of hydrogen-bond acceptors (Lipinski definition) is 2. The molecule has 0 bridgehead atoms. The van der Waals surface area contributed by atoms with Crippen LogP contribution in [0.5, 0.6) is 0 Å². The van der Waals surface area contributed by atoms with Crippen LogP contribution < -0.4 is 5.32 Å². The minimum atomic E-state index is -0.428. The molecule has 1 aliphatic carbocycles. The lowest BCUT2D eigenvalue weighted by atomic mass is 10.0. The minimum Gasteiger partial charge on any atom is -0.391 e. The van der Waals surface area contributed by atoms with Gasteiger partial charge in [-0.2, -0.15) is 0 Å². The Kier molecular flexibility index (Phi) is 3.85. The molecule has 1 aromatic rings. The van der Waals surface area contributed by atoms with Gasteiger partial charge in [-0.15, -0.1) is 0 Å². The topological polar surface area (TPSA) is 52.6 Å². The van der Waals surface area contributed by atoms with Crippen molar-refractivity contribution in [3.8, 4) is 0 Å². The van der Waals surface area contributed by atoms with Crippen molar-refractivity contribution < 1.29 is 14.3 Å². The number of nitrogens with zero attached hydrogens (tertiary/aromatic N) is 1. The quantitative estimate of drug-likeness (QED) is 0.880. The van der Waals surface area contributed by atoms with Crippen LogP contribution in [0.1, 0.15) is 31.7 Å². The molecule has 1 aliphatic heterocycles. The van der Waals surface area contributed by atoms with E-state index in [2.05, 4.69) is 5.32 Å². The highest BCUT2D eigenvalue weighted by atomic mass is 19.1. The third-order valence-electron chi connectivity index (χ3n) is 4.76. The van der Waals surface area contributed by atoms with Crippen molar-refractivity contribution in [2.24, 2.45) is 5.92 Å². The summed E-state index contributed by atoms with van der Waals surface area (Å²) >= 11 is 0. The number of amides is 2. The van der Waals surface area contributed by atoms with E-state index < -0.39 is 6.10 Å². The molecule has 0 spiro atoms. The first-order chi connectivity index (χ1) is 10.1. The van der Waals surface area contributed by atoms with Crippen LogP contribution in [0.3, 0.4) is 0 Å². The fourth-order valence-electron chi connectivity index (χ4n) is 3.62. The van der Waals surface area contributed by atoms with Crippen LogP contribution in [0.2, 0.25) is 0 Å². The van der Waals surface area contributed by atoms with E-state index in [9.17, 15) is 14.3 Å². The number of halogens is 1. The molecule has 1 saturated carbocycles. The van der Waals surface area contributed by atoms with Gasteiger partial charge in [0.05, 0.1) is 12.1 Å². The van der Waals surface area contributed by atoms with Gasteiger partial charge in [-0.25, -0.2) is 9.18 Å². The fourth-order valence-corrected chi connectivity index (χ4v) is 3.62. The summed E-state index contributed by atoms with van der Waals surface area (Å²) in [7, 11) is 0. The number of urea groups is 1. The van der Waals surface area contributed by atoms with E-state index >= 15 is 0 Å². The van der Waals surface area contributed by atoms with E-state index in [1.807, 2.05) is 6.92 Å². The van der Waals surface area contributed by atoms with Crippen molar-refractivity contribution in [2.75, 3.05) is 11.9 Å². The van der Waals surface area contributed by atoms with Crippen molar-refractivity contribution in [2.45, 2.75) is 44.8 Å². The second-order valence-electron chi connectivity index (χ2n) is 5.97. The Labute approximate surface area is 124 Å². The summed E-state index contributed by atoms with van der Waals surface area (Å²) in [6.45, 7) is 2.55. The van der Waals surface area contributed by atoms with Crippen LogP contribution in [0.15, 0.2) is 18.2 Å². The lowest BCUT2D eigenvalue weighted by Crippen LogP contribution is -2.44. The van der Waals surface area contributed by atoms with Gasteiger partial charge in [-0.05, 0) is 49.3 Å². The Bertz CT molecular complexity index is 549. The normalized spacial score (nSPS) is 27.8. The van der Waals surface area contributed by atoms with Gasteiger partial charge in [-0.1, -0.05) is 13.0 Å². The molecule has 2 fully saturated rings. The second kappa shape index (κ2) is 5.64. The molecule has 3 atom stereocenters. The van der Waals surface area contributed by atoms with E-state index in [4.69, 9.17) is 0 Å². The summed E-state index contributed by atoms with van der Waals surface area (Å²) in [5.41, 5.74) is 1.10. The Morgan fingerprint density at radius 3 is 2.95 bits per heavy atom. The number of anilines is 1. The van der Waals surface area contributed by atoms with Gasteiger partial charge in [0.2, 0.25) is 0 Å². The van der Waals surface area contributed by atoms with Crippen molar-refractivity contribution in [1.29, 1.82) is 0 Å². The number of aliphatic hydroxyl groups is 1. The third kappa shape index (κ3) is 2.62. The number of benzene rings is 1. The van der Waals surface area contributed by atoms with Crippen molar-refractivity contribution in [1.82, 2.24) is 4.90 Å². The number of rotatable bonds is 2. The van der Waals surface area contributed by atoms with E-state index in [0.717, 1.165) is 19.3 Å². The molecule has 2 amide bonds. The Balaban J connectivity index is 1.70. The molecular weight excluding hydrogens is 271 g/mol. The summed E-state index contributed by atoms with van der Waals surface area (Å²) in [5, 5.41) is 12.8. The molecule has 0 radical (unpaired) electrons. The number of nitrogens with one attached hydrogen (secondary N) is 1. The molecule has 0 unspecified atom stereocenters. The van der Waals surface area contributed by atoms with E-state index in [-0.39, 0.29) is 17.9 Å². The van der Waals surface area contributed by atoms with E-state index in [0.29, 0.717) is 30.1 Å². The van der Waals surface area contributed by atoms with Crippen LogP contribution in [-0.4, -0.2) is 34.7 Å². The van der Waals surface area contributed by atoms with Gasteiger partial charge >= 0.3 is 6.03 Å². The minimum absolute atomic E-state index is 0.0789. The molecule has 1 saturated heterocycles. The fraction of sp³-hybridized carbons (Fsp3) is 0.562. The largest absolute Gasteiger partial charge is 0.391 e. The highest BCUT2D eigenvalue weighted by molar-refractivity contribution is 5.89. The maximum Gasteiger partial charge on any atom is 0.322 e. The van der Waals surface area contributed by atoms with Gasteiger partial charge < -0.3 is 15.3 Å². The van der Waals surface area contributed by atoms with Crippen LogP contribution in [0.4, 0.5) is 14.9 Å². The first kappa shape index (κ1) is 14.3. The molecule has 2 N–H and O–H groups in total. The monoisotopic (exact) mass is 292 g/mol. The molecule has 0 aromatic heterocycles. The Morgan fingerprint density at radius 2 is 2.24 bits per heavy atom. The summed E-state index contributed by atoms with van der Waals surface area (Å²) < 4.78 is 13.8. The molecule has 3 rings (SSSR count). The Hall–Kier alpha value is -1.62. The Morgan fingerprint density at radius 1 is 1.43 bits per heavy atom. The number of carbonyl (C=O) groups excluding carboxylic acids is 1. The summed E-state index contributed by atoms with van der Waals surface area (Å²) in [4.78, 5) is 14.1. The van der Waals surface area contributed by atoms with Crippen molar-refractivity contribution in [3.05, 3.63) is 29.6 Å². The summed E-state index contributed by atoms with van der Waals surface area (Å²) in [5.74, 6) is 0.112. The van der Waals surface area contributed by atoms with E-state index in [1.54, 1.807) is 17.0 Å². The average Bonchev–Trinajstić information content (AvgIpc) is 3.02. The van der Waals surface area contributed by atoms with Crippen LogP contribution in [0, 0.1) is 11.7 Å². The predicted molar refractivity (Wildman–Crippen MR) is 78.6 cm³/mol. The molecule has 4 nitrogen and oxygen atoms in total. The van der Waals surface area contributed by atoms with Gasteiger partial charge in [0.1, 0.15) is 5.82 Å². The molecule has 1 aromatic carbocycles. The molecule has 114 valence electrons. The first-order valence-corrected chi connectivity index (χ1v) is 7.64. The zero-order valence-corrected chi connectivity index (χ0v) is 12.2. The zero-order chi connectivity index (χ0) is 15.0. The first-order valence-electron chi connectivity index (χ1n) is 7.64. The molecule has 21 heavy (non-hydrogen) atoms. The van der Waals surface area contributed by atoms with Gasteiger partial charge in [-0.3, -0.25) is 0 Å². The average molecular weight is 292 g/mol. The van der Waals surface area contributed by atoms with E-state index in [1.165, 1.54) is 6.07 Å². The summed E-state index contributed by atoms with van der Waals surface area (Å²) in [6.07, 6.45) is 2.89. The molecule has 1 heterocycles. The SMILES string of the molecule is CCc1ccc(NC(=O)N2CC[C@@H]3CC[C@@H](O)[C@@H]32)cc1F. The molecule has 5 heteroatoms. The van der Waals surface area contributed by atoms with Crippen LogP contribution in [-0.2, 0) is 6.42 Å². The standard InChI is InChI=1S/C16H21FN2O2/c1-2-10-3-5-12(9-13(10)17)18-16(21)19-8-7-11-4-6-14(20)15(11)19/h3,5,9,11,14-15,20H,2,4,6-8H2,1H3,(H,18,21)/t11-,14+,15+/m0/s1. The highest BCUT2D eigenvalue weighted by Gasteiger charge is 2.45. The van der Waals surface area contributed by atoms with Gasteiger partial charge in [0.25, 0.3) is 0 Å². The maximum atomic E-state index is 13.8. The number of hydrogen-bond donors (Lipinski definition) is 2. The van der Waals surface area contributed by atoms with Gasteiger partial charge in [0, 0.05) is 12.2 Å². The zero-order valence-electron chi connectivity index (χ0n) is 12.2. The second-order valence-corrected chi connectivity index (χ2v) is 5.97. The lowest BCUT2D eigenvalue weighted by Gasteiger charge is -2.27.